The molecule has 4 heteroatoms. The van der Waals surface area contributed by atoms with Crippen molar-refractivity contribution in [1.82, 2.24) is 0 Å². The van der Waals surface area contributed by atoms with E-state index >= 15 is 0 Å². The van der Waals surface area contributed by atoms with Crippen LogP contribution in [0, 0.1) is 0 Å². The van der Waals surface area contributed by atoms with Crippen LogP contribution in [0.2, 0.25) is 0 Å². The summed E-state index contributed by atoms with van der Waals surface area (Å²) < 4.78 is 17.1. The lowest BCUT2D eigenvalue weighted by molar-refractivity contribution is 0.592. The lowest BCUT2D eigenvalue weighted by atomic mass is 10.3. The second-order valence-electron chi connectivity index (χ2n) is 4.92. The molecule has 0 aliphatic rings. The molecule has 22 heavy (non-hydrogen) atoms. The Morgan fingerprint density at radius 3 is 1.45 bits per heavy atom. The Kier molecular flexibility index (Phi) is 4.65. The second kappa shape index (κ2) is 6.67. The summed E-state index contributed by atoms with van der Waals surface area (Å²) in [6.45, 7) is 0. The average Bonchev–Trinajstić information content (AvgIpc) is 2.62. The minimum atomic E-state index is -2.84. The standard InChI is InChI=1S/C18H15INOP/c19-20-15-11-13-18(14-12-15)22(21,16-7-3-1-4-8-16)17-9-5-2-6-10-17/h1-14,20H. The second-order valence-corrected chi connectivity index (χ2v) is 8.23. The first-order valence-electron chi connectivity index (χ1n) is 6.94. The molecule has 0 aliphatic heterocycles. The highest BCUT2D eigenvalue weighted by Gasteiger charge is 2.29. The van der Waals surface area contributed by atoms with Crippen molar-refractivity contribution in [2.45, 2.75) is 0 Å². The van der Waals surface area contributed by atoms with E-state index in [1.165, 1.54) is 0 Å². The minimum Gasteiger partial charge on any atom is -0.328 e. The van der Waals surface area contributed by atoms with Gasteiger partial charge in [0, 0.05) is 21.6 Å². The molecule has 2 nitrogen and oxygen atoms in total. The fourth-order valence-corrected chi connectivity index (χ4v) is 5.46. The van der Waals surface area contributed by atoms with Crippen molar-refractivity contribution in [3.05, 3.63) is 84.9 Å². The van der Waals surface area contributed by atoms with Gasteiger partial charge in [-0.15, -0.1) is 0 Å². The van der Waals surface area contributed by atoms with Crippen LogP contribution in [0.25, 0.3) is 0 Å². The highest BCUT2D eigenvalue weighted by Crippen LogP contribution is 2.42. The van der Waals surface area contributed by atoms with E-state index in [1.807, 2.05) is 84.9 Å². The van der Waals surface area contributed by atoms with Gasteiger partial charge in [0.05, 0.1) is 22.9 Å². The van der Waals surface area contributed by atoms with Crippen molar-refractivity contribution < 1.29 is 4.57 Å². The normalized spacial score (nSPS) is 11.1. The van der Waals surface area contributed by atoms with Gasteiger partial charge in [0.1, 0.15) is 0 Å². The zero-order valence-electron chi connectivity index (χ0n) is 11.8. The van der Waals surface area contributed by atoms with Gasteiger partial charge in [0.15, 0.2) is 7.14 Å². The molecule has 0 aromatic heterocycles. The third-order valence-corrected chi connectivity index (χ3v) is 7.28. The van der Waals surface area contributed by atoms with Crippen molar-refractivity contribution in [3.8, 4) is 0 Å². The summed E-state index contributed by atoms with van der Waals surface area (Å²) in [5, 5.41) is 2.56. The molecule has 0 radical (unpaired) electrons. The lowest BCUT2D eigenvalue weighted by Crippen LogP contribution is -2.24. The molecule has 0 bridgehead atoms. The Bertz CT molecular complexity index is 745. The van der Waals surface area contributed by atoms with Gasteiger partial charge in [-0.2, -0.15) is 0 Å². The Hall–Kier alpha value is -1.58. The molecule has 0 saturated heterocycles. The molecule has 3 aromatic carbocycles. The van der Waals surface area contributed by atoms with Gasteiger partial charge in [-0.05, 0) is 24.3 Å². The van der Waals surface area contributed by atoms with Crippen LogP contribution in [0.4, 0.5) is 5.69 Å². The van der Waals surface area contributed by atoms with E-state index in [2.05, 4.69) is 26.4 Å². The number of rotatable bonds is 4. The van der Waals surface area contributed by atoms with Gasteiger partial charge < -0.3 is 8.10 Å². The molecule has 1 N–H and O–H groups in total. The number of halogens is 1. The van der Waals surface area contributed by atoms with Crippen molar-refractivity contribution >= 4 is 51.6 Å². The molecule has 0 aliphatic carbocycles. The molecular formula is C18H15INOP. The predicted molar refractivity (Wildman–Crippen MR) is 103 cm³/mol. The number of anilines is 1. The minimum absolute atomic E-state index is 0.848. The molecule has 110 valence electrons. The van der Waals surface area contributed by atoms with Gasteiger partial charge in [-0.25, -0.2) is 0 Å². The first kappa shape index (κ1) is 15.3. The van der Waals surface area contributed by atoms with Gasteiger partial charge in [-0.3, -0.25) is 0 Å². The highest BCUT2D eigenvalue weighted by atomic mass is 127. The third kappa shape index (κ3) is 2.83. The van der Waals surface area contributed by atoms with Crippen molar-refractivity contribution in [1.29, 1.82) is 0 Å². The van der Waals surface area contributed by atoms with Crippen LogP contribution in [0.5, 0.6) is 0 Å². The predicted octanol–water partition coefficient (Wildman–Crippen LogP) is 4.09. The topological polar surface area (TPSA) is 29.1 Å². The molecule has 0 fully saturated rings. The monoisotopic (exact) mass is 419 g/mol. The number of hydrogen-bond donors (Lipinski definition) is 1. The maximum Gasteiger partial charge on any atom is 0.171 e. The molecule has 0 amide bonds. The quantitative estimate of drug-likeness (QED) is 0.392. The van der Waals surface area contributed by atoms with E-state index in [9.17, 15) is 4.57 Å². The summed E-state index contributed by atoms with van der Waals surface area (Å²) in [5.74, 6) is 0. The molecule has 0 atom stereocenters. The van der Waals surface area contributed by atoms with Gasteiger partial charge in [0.2, 0.25) is 0 Å². The summed E-state index contributed by atoms with van der Waals surface area (Å²) in [7, 11) is -2.84. The van der Waals surface area contributed by atoms with E-state index in [1.54, 1.807) is 0 Å². The van der Waals surface area contributed by atoms with E-state index in [-0.39, 0.29) is 0 Å². The van der Waals surface area contributed by atoms with Crippen LogP contribution in [-0.4, -0.2) is 0 Å². The Morgan fingerprint density at radius 1 is 0.636 bits per heavy atom. The number of hydrogen-bond acceptors (Lipinski definition) is 2. The number of benzene rings is 3. The fraction of sp³-hybridized carbons (Fsp3) is 0. The van der Waals surface area contributed by atoms with Crippen LogP contribution < -0.4 is 19.4 Å². The summed E-state index contributed by atoms with van der Waals surface area (Å²) >= 11 is 2.09. The SMILES string of the molecule is O=P(c1ccccc1)(c1ccccc1)c1ccc(NI)cc1. The zero-order chi connectivity index (χ0) is 15.4. The maximum absolute atomic E-state index is 14.0. The van der Waals surface area contributed by atoms with Gasteiger partial charge in [0.25, 0.3) is 0 Å². The van der Waals surface area contributed by atoms with Crippen LogP contribution >= 0.6 is 30.0 Å². The largest absolute Gasteiger partial charge is 0.328 e. The van der Waals surface area contributed by atoms with Crippen molar-refractivity contribution in [2.75, 3.05) is 3.53 Å². The zero-order valence-corrected chi connectivity index (χ0v) is 14.9. The summed E-state index contributed by atoms with van der Waals surface area (Å²) in [6.07, 6.45) is 0. The summed E-state index contributed by atoms with van der Waals surface area (Å²) in [6, 6.07) is 27.2. The molecule has 3 aromatic rings. The summed E-state index contributed by atoms with van der Waals surface area (Å²) in [5.41, 5.74) is 0.997. The molecule has 0 saturated carbocycles. The Balaban J connectivity index is 2.21. The van der Waals surface area contributed by atoms with E-state index < -0.39 is 7.14 Å². The van der Waals surface area contributed by atoms with Crippen LogP contribution in [0.1, 0.15) is 0 Å². The van der Waals surface area contributed by atoms with Crippen LogP contribution in [-0.2, 0) is 4.57 Å². The molecule has 0 heterocycles. The van der Waals surface area contributed by atoms with Crippen LogP contribution in [0.3, 0.4) is 0 Å². The van der Waals surface area contributed by atoms with E-state index in [4.69, 9.17) is 0 Å². The molecule has 0 unspecified atom stereocenters. The maximum atomic E-state index is 14.0. The molecule has 0 spiro atoms. The Morgan fingerprint density at radius 2 is 1.05 bits per heavy atom. The summed E-state index contributed by atoms with van der Waals surface area (Å²) in [4.78, 5) is 0. The Labute approximate surface area is 144 Å². The number of nitrogens with one attached hydrogen (secondary N) is 1. The lowest BCUT2D eigenvalue weighted by Gasteiger charge is -2.20. The van der Waals surface area contributed by atoms with Crippen LogP contribution in [0.15, 0.2) is 84.9 Å². The highest BCUT2D eigenvalue weighted by molar-refractivity contribution is 14.1. The first-order valence-corrected chi connectivity index (χ1v) is 9.72. The molecule has 3 rings (SSSR count). The first-order chi connectivity index (χ1) is 10.7. The third-order valence-electron chi connectivity index (χ3n) is 3.58. The van der Waals surface area contributed by atoms with Crippen molar-refractivity contribution in [2.24, 2.45) is 0 Å². The van der Waals surface area contributed by atoms with Crippen molar-refractivity contribution in [3.63, 3.8) is 0 Å². The van der Waals surface area contributed by atoms with E-state index in [0.29, 0.717) is 0 Å². The smallest absolute Gasteiger partial charge is 0.171 e. The average molecular weight is 419 g/mol. The van der Waals surface area contributed by atoms with Gasteiger partial charge in [-0.1, -0.05) is 60.7 Å². The molecular weight excluding hydrogens is 404 g/mol. The van der Waals surface area contributed by atoms with E-state index in [0.717, 1.165) is 21.6 Å². The van der Waals surface area contributed by atoms with Gasteiger partial charge >= 0.3 is 0 Å². The fourth-order valence-electron chi connectivity index (χ4n) is 2.46.